The lowest BCUT2D eigenvalue weighted by Crippen LogP contribution is -2.16. The second-order valence-electron chi connectivity index (χ2n) is 4.22. The van der Waals surface area contributed by atoms with Crippen LogP contribution in [0.4, 0.5) is 4.39 Å². The molecule has 0 aliphatic rings. The molecular formula is C15H17FN2O. The topological polar surface area (TPSA) is 34.1 Å². The Bertz CT molecular complexity index is 507. The molecule has 0 saturated carbocycles. The van der Waals surface area contributed by atoms with Crippen LogP contribution in [-0.4, -0.2) is 12.0 Å². The van der Waals surface area contributed by atoms with Gasteiger partial charge in [0.15, 0.2) is 0 Å². The molecule has 0 aliphatic carbocycles. The smallest absolute Gasteiger partial charge is 0.145 e. The van der Waals surface area contributed by atoms with Crippen molar-refractivity contribution < 1.29 is 9.13 Å². The van der Waals surface area contributed by atoms with E-state index in [-0.39, 0.29) is 11.9 Å². The Hall–Kier alpha value is -1.94. The molecule has 0 saturated heterocycles. The van der Waals surface area contributed by atoms with Crippen LogP contribution in [0, 0.1) is 5.82 Å². The molecule has 0 fully saturated rings. The van der Waals surface area contributed by atoms with Gasteiger partial charge in [0.2, 0.25) is 0 Å². The van der Waals surface area contributed by atoms with Crippen LogP contribution in [0.25, 0.3) is 0 Å². The lowest BCUT2D eigenvalue weighted by atomic mass is 10.1. The first kappa shape index (κ1) is 13.5. The highest BCUT2D eigenvalue weighted by molar-refractivity contribution is 5.30. The quantitative estimate of drug-likeness (QED) is 0.890. The van der Waals surface area contributed by atoms with Crippen LogP contribution < -0.4 is 10.1 Å². The summed E-state index contributed by atoms with van der Waals surface area (Å²) in [6.07, 6.45) is 2.65. The van der Waals surface area contributed by atoms with Crippen molar-refractivity contribution in [3.63, 3.8) is 0 Å². The van der Waals surface area contributed by atoms with E-state index in [0.717, 1.165) is 12.1 Å². The Kier molecular flexibility index (Phi) is 4.47. The SMILES string of the molecule is CCC(NC)c1ccc(Oc2ccc(F)cc2)cn1. The predicted molar refractivity (Wildman–Crippen MR) is 72.8 cm³/mol. The number of aromatic nitrogens is 1. The molecule has 4 heteroatoms. The summed E-state index contributed by atoms with van der Waals surface area (Å²) < 4.78 is 18.4. The van der Waals surface area contributed by atoms with Gasteiger partial charge in [-0.1, -0.05) is 6.92 Å². The molecule has 19 heavy (non-hydrogen) atoms. The molecule has 0 spiro atoms. The second kappa shape index (κ2) is 6.29. The molecule has 1 unspecified atom stereocenters. The van der Waals surface area contributed by atoms with Crippen molar-refractivity contribution in [1.82, 2.24) is 10.3 Å². The van der Waals surface area contributed by atoms with Gasteiger partial charge in [0, 0.05) is 6.04 Å². The fraction of sp³-hybridized carbons (Fsp3) is 0.267. The lowest BCUT2D eigenvalue weighted by Gasteiger charge is -2.13. The van der Waals surface area contributed by atoms with Gasteiger partial charge in [-0.05, 0) is 49.9 Å². The summed E-state index contributed by atoms with van der Waals surface area (Å²) in [5.41, 5.74) is 0.983. The standard InChI is InChI=1S/C15H17FN2O/c1-3-14(17-2)15-9-8-13(10-18-15)19-12-6-4-11(16)5-7-12/h4-10,14,17H,3H2,1-2H3. The van der Waals surface area contributed by atoms with Gasteiger partial charge < -0.3 is 10.1 Å². The highest BCUT2D eigenvalue weighted by Crippen LogP contribution is 2.22. The third-order valence-electron chi connectivity index (χ3n) is 2.92. The van der Waals surface area contributed by atoms with Crippen LogP contribution >= 0.6 is 0 Å². The number of pyridine rings is 1. The Morgan fingerprint density at radius 1 is 1.16 bits per heavy atom. The van der Waals surface area contributed by atoms with Crippen molar-refractivity contribution in [1.29, 1.82) is 0 Å². The highest BCUT2D eigenvalue weighted by atomic mass is 19.1. The molecule has 1 aromatic heterocycles. The fourth-order valence-electron chi connectivity index (χ4n) is 1.86. The van der Waals surface area contributed by atoms with Crippen LogP contribution in [-0.2, 0) is 0 Å². The highest BCUT2D eigenvalue weighted by Gasteiger charge is 2.08. The molecule has 2 aromatic rings. The molecule has 1 aromatic carbocycles. The molecule has 0 bridgehead atoms. The Labute approximate surface area is 112 Å². The van der Waals surface area contributed by atoms with Crippen LogP contribution in [0.1, 0.15) is 25.1 Å². The number of halogens is 1. The maximum absolute atomic E-state index is 12.8. The van der Waals surface area contributed by atoms with Crippen molar-refractivity contribution in [2.75, 3.05) is 7.05 Å². The molecule has 1 atom stereocenters. The molecular weight excluding hydrogens is 243 g/mol. The van der Waals surface area contributed by atoms with Gasteiger partial charge in [-0.3, -0.25) is 4.98 Å². The van der Waals surface area contributed by atoms with Crippen LogP contribution in [0.2, 0.25) is 0 Å². The number of benzene rings is 1. The van der Waals surface area contributed by atoms with E-state index >= 15 is 0 Å². The Balaban J connectivity index is 2.08. The van der Waals surface area contributed by atoms with E-state index in [0.29, 0.717) is 11.5 Å². The molecule has 1 N–H and O–H groups in total. The first-order valence-corrected chi connectivity index (χ1v) is 6.29. The van der Waals surface area contributed by atoms with Gasteiger partial charge in [0.25, 0.3) is 0 Å². The number of ether oxygens (including phenoxy) is 1. The average molecular weight is 260 g/mol. The molecule has 0 aliphatic heterocycles. The molecule has 3 nitrogen and oxygen atoms in total. The fourth-order valence-corrected chi connectivity index (χ4v) is 1.86. The van der Waals surface area contributed by atoms with Crippen LogP contribution in [0.3, 0.4) is 0 Å². The molecule has 100 valence electrons. The minimum Gasteiger partial charge on any atom is -0.456 e. The zero-order chi connectivity index (χ0) is 13.7. The third kappa shape index (κ3) is 3.51. The van der Waals surface area contributed by atoms with Crippen molar-refractivity contribution in [2.45, 2.75) is 19.4 Å². The summed E-state index contributed by atoms with van der Waals surface area (Å²) in [7, 11) is 1.92. The van der Waals surface area contributed by atoms with Crippen LogP contribution in [0.15, 0.2) is 42.6 Å². The third-order valence-corrected chi connectivity index (χ3v) is 2.92. The number of rotatable bonds is 5. The van der Waals surface area contributed by atoms with E-state index in [1.54, 1.807) is 18.3 Å². The minimum atomic E-state index is -0.277. The largest absolute Gasteiger partial charge is 0.456 e. The first-order valence-electron chi connectivity index (χ1n) is 6.29. The normalized spacial score (nSPS) is 12.2. The summed E-state index contributed by atoms with van der Waals surface area (Å²) >= 11 is 0. The number of hydrogen-bond donors (Lipinski definition) is 1. The van der Waals surface area contributed by atoms with Gasteiger partial charge in [0.05, 0.1) is 11.9 Å². The van der Waals surface area contributed by atoms with Gasteiger partial charge in [-0.15, -0.1) is 0 Å². The van der Waals surface area contributed by atoms with Gasteiger partial charge in [-0.2, -0.15) is 0 Å². The van der Waals surface area contributed by atoms with Crippen molar-refractivity contribution in [3.05, 3.63) is 54.1 Å². The van der Waals surface area contributed by atoms with E-state index in [1.165, 1.54) is 12.1 Å². The van der Waals surface area contributed by atoms with Gasteiger partial charge >= 0.3 is 0 Å². The van der Waals surface area contributed by atoms with E-state index in [4.69, 9.17) is 4.74 Å². The maximum Gasteiger partial charge on any atom is 0.145 e. The summed E-state index contributed by atoms with van der Waals surface area (Å²) in [4.78, 5) is 4.37. The van der Waals surface area contributed by atoms with E-state index < -0.39 is 0 Å². The van der Waals surface area contributed by atoms with Gasteiger partial charge in [0.1, 0.15) is 17.3 Å². The Morgan fingerprint density at radius 3 is 2.37 bits per heavy atom. The van der Waals surface area contributed by atoms with E-state index in [1.807, 2.05) is 19.2 Å². The number of hydrogen-bond acceptors (Lipinski definition) is 3. The summed E-state index contributed by atoms with van der Waals surface area (Å²) in [6, 6.07) is 9.96. The predicted octanol–water partition coefficient (Wildman–Crippen LogP) is 3.68. The molecule has 0 radical (unpaired) electrons. The molecule has 1 heterocycles. The number of nitrogens with one attached hydrogen (secondary N) is 1. The zero-order valence-electron chi connectivity index (χ0n) is 11.1. The van der Waals surface area contributed by atoms with Gasteiger partial charge in [-0.25, -0.2) is 4.39 Å². The van der Waals surface area contributed by atoms with Crippen LogP contribution in [0.5, 0.6) is 11.5 Å². The molecule has 2 rings (SSSR count). The summed E-state index contributed by atoms with van der Waals surface area (Å²) in [6.45, 7) is 2.10. The monoisotopic (exact) mass is 260 g/mol. The second-order valence-corrected chi connectivity index (χ2v) is 4.22. The van der Waals surface area contributed by atoms with E-state index in [2.05, 4.69) is 17.2 Å². The van der Waals surface area contributed by atoms with E-state index in [9.17, 15) is 4.39 Å². The van der Waals surface area contributed by atoms with Crippen molar-refractivity contribution in [2.24, 2.45) is 0 Å². The average Bonchev–Trinajstić information content (AvgIpc) is 2.44. The number of nitrogens with zero attached hydrogens (tertiary/aromatic N) is 1. The Morgan fingerprint density at radius 2 is 1.84 bits per heavy atom. The van der Waals surface area contributed by atoms with Crippen molar-refractivity contribution >= 4 is 0 Å². The summed E-state index contributed by atoms with van der Waals surface area (Å²) in [5.74, 6) is 0.957. The minimum absolute atomic E-state index is 0.250. The van der Waals surface area contributed by atoms with Crippen molar-refractivity contribution in [3.8, 4) is 11.5 Å². The zero-order valence-corrected chi connectivity index (χ0v) is 11.1. The lowest BCUT2D eigenvalue weighted by molar-refractivity contribution is 0.475. The first-order chi connectivity index (χ1) is 9.22. The molecule has 0 amide bonds. The maximum atomic E-state index is 12.8. The summed E-state index contributed by atoms with van der Waals surface area (Å²) in [5, 5.41) is 3.20.